The summed E-state index contributed by atoms with van der Waals surface area (Å²) in [6.07, 6.45) is -0.659. The Morgan fingerprint density at radius 3 is 2.56 bits per heavy atom. The van der Waals surface area contributed by atoms with Crippen LogP contribution in [0.25, 0.3) is 0 Å². The molecule has 0 saturated carbocycles. The van der Waals surface area contributed by atoms with Gasteiger partial charge in [0, 0.05) is 12.1 Å². The molecule has 0 aliphatic carbocycles. The first-order chi connectivity index (χ1) is 12.7. The van der Waals surface area contributed by atoms with Crippen molar-refractivity contribution in [1.82, 2.24) is 4.31 Å². The predicted octanol–water partition coefficient (Wildman–Crippen LogP) is 3.68. The predicted molar refractivity (Wildman–Crippen MR) is 101 cm³/mol. The van der Waals surface area contributed by atoms with Crippen LogP contribution >= 0.6 is 0 Å². The van der Waals surface area contributed by atoms with E-state index in [0.717, 1.165) is 5.56 Å². The van der Waals surface area contributed by atoms with Gasteiger partial charge in [0.15, 0.2) is 0 Å². The van der Waals surface area contributed by atoms with Gasteiger partial charge in [-0.15, -0.1) is 0 Å². The molecule has 1 unspecified atom stereocenters. The zero-order valence-corrected chi connectivity index (χ0v) is 16.7. The van der Waals surface area contributed by atoms with E-state index in [1.165, 1.54) is 16.4 Å². The van der Waals surface area contributed by atoms with E-state index in [-0.39, 0.29) is 18.0 Å². The molecule has 27 heavy (non-hydrogen) atoms. The SMILES string of the molecule is COc1ccc(S(=O)(=O)N2CC(c3ccccc3F)OCC2(C)C)cc1C. The minimum absolute atomic E-state index is 0.0430. The first-order valence-electron chi connectivity index (χ1n) is 8.70. The molecule has 1 aliphatic heterocycles. The second kappa shape index (κ2) is 7.22. The van der Waals surface area contributed by atoms with Gasteiger partial charge in [-0.2, -0.15) is 4.31 Å². The summed E-state index contributed by atoms with van der Waals surface area (Å²) in [4.78, 5) is 0.183. The fourth-order valence-corrected chi connectivity index (χ4v) is 5.17. The van der Waals surface area contributed by atoms with Crippen LogP contribution in [0.2, 0.25) is 0 Å². The maximum Gasteiger partial charge on any atom is 0.243 e. The number of nitrogens with zero attached hydrogens (tertiary/aromatic N) is 1. The number of sulfonamides is 1. The summed E-state index contributed by atoms with van der Waals surface area (Å²) < 4.78 is 53.3. The number of benzene rings is 2. The molecule has 1 saturated heterocycles. The summed E-state index contributed by atoms with van der Waals surface area (Å²) in [5.74, 6) is 0.222. The molecule has 0 radical (unpaired) electrons. The minimum atomic E-state index is -3.80. The van der Waals surface area contributed by atoms with Gasteiger partial charge in [0.25, 0.3) is 0 Å². The summed E-state index contributed by atoms with van der Waals surface area (Å²) in [6.45, 7) is 5.61. The van der Waals surface area contributed by atoms with E-state index in [4.69, 9.17) is 9.47 Å². The third-order valence-electron chi connectivity index (χ3n) is 4.85. The highest BCUT2D eigenvalue weighted by atomic mass is 32.2. The maximum atomic E-state index is 14.2. The highest BCUT2D eigenvalue weighted by Crippen LogP contribution is 2.36. The Kier molecular flexibility index (Phi) is 5.29. The average molecular weight is 393 g/mol. The van der Waals surface area contributed by atoms with Crippen molar-refractivity contribution < 1.29 is 22.3 Å². The lowest BCUT2D eigenvalue weighted by Gasteiger charge is -2.44. The summed E-state index contributed by atoms with van der Waals surface area (Å²) in [5, 5.41) is 0. The molecule has 7 heteroatoms. The number of rotatable bonds is 4. The molecule has 146 valence electrons. The average Bonchev–Trinajstić information content (AvgIpc) is 2.62. The summed E-state index contributed by atoms with van der Waals surface area (Å²) in [7, 11) is -2.25. The van der Waals surface area contributed by atoms with E-state index < -0.39 is 27.5 Å². The second-order valence-electron chi connectivity index (χ2n) is 7.30. The zero-order chi connectivity index (χ0) is 19.8. The van der Waals surface area contributed by atoms with E-state index in [9.17, 15) is 12.8 Å². The van der Waals surface area contributed by atoms with Gasteiger partial charge in [0.2, 0.25) is 10.0 Å². The Morgan fingerprint density at radius 2 is 1.93 bits per heavy atom. The molecule has 1 fully saturated rings. The highest BCUT2D eigenvalue weighted by Gasteiger charge is 2.43. The van der Waals surface area contributed by atoms with Gasteiger partial charge in [0.05, 0.1) is 30.3 Å². The first kappa shape index (κ1) is 19.8. The number of aryl methyl sites for hydroxylation is 1. The molecule has 1 aliphatic rings. The van der Waals surface area contributed by atoms with Crippen molar-refractivity contribution >= 4 is 10.0 Å². The Labute approximate surface area is 159 Å². The maximum absolute atomic E-state index is 14.2. The van der Waals surface area contributed by atoms with Crippen LogP contribution in [-0.4, -0.2) is 38.5 Å². The van der Waals surface area contributed by atoms with E-state index >= 15 is 0 Å². The molecule has 0 amide bonds. The van der Waals surface area contributed by atoms with Crippen LogP contribution in [0.3, 0.4) is 0 Å². The van der Waals surface area contributed by atoms with Gasteiger partial charge in [-0.1, -0.05) is 18.2 Å². The van der Waals surface area contributed by atoms with Gasteiger partial charge in [-0.3, -0.25) is 0 Å². The molecular weight excluding hydrogens is 369 g/mol. The molecule has 0 spiro atoms. The second-order valence-corrected chi connectivity index (χ2v) is 9.16. The van der Waals surface area contributed by atoms with Crippen molar-refractivity contribution in [1.29, 1.82) is 0 Å². The van der Waals surface area contributed by atoms with Crippen molar-refractivity contribution in [2.24, 2.45) is 0 Å². The lowest BCUT2D eigenvalue weighted by atomic mass is 10.0. The summed E-state index contributed by atoms with van der Waals surface area (Å²) in [6, 6.07) is 11.1. The molecule has 0 bridgehead atoms. The largest absolute Gasteiger partial charge is 0.496 e. The van der Waals surface area contributed by atoms with Gasteiger partial charge in [-0.05, 0) is 50.6 Å². The topological polar surface area (TPSA) is 55.8 Å². The minimum Gasteiger partial charge on any atom is -0.496 e. The van der Waals surface area contributed by atoms with Crippen LogP contribution < -0.4 is 4.74 Å². The third-order valence-corrected chi connectivity index (χ3v) is 6.92. The van der Waals surface area contributed by atoms with Crippen LogP contribution in [0.5, 0.6) is 5.75 Å². The van der Waals surface area contributed by atoms with Crippen molar-refractivity contribution in [2.75, 3.05) is 20.3 Å². The van der Waals surface area contributed by atoms with Gasteiger partial charge in [-0.25, -0.2) is 12.8 Å². The summed E-state index contributed by atoms with van der Waals surface area (Å²) >= 11 is 0. The first-order valence-corrected chi connectivity index (χ1v) is 10.1. The quantitative estimate of drug-likeness (QED) is 0.795. The van der Waals surface area contributed by atoms with Crippen molar-refractivity contribution in [3.05, 3.63) is 59.4 Å². The Balaban J connectivity index is 1.98. The van der Waals surface area contributed by atoms with E-state index in [1.807, 2.05) is 0 Å². The fraction of sp³-hybridized carbons (Fsp3) is 0.400. The molecular formula is C20H24FNO4S. The monoisotopic (exact) mass is 393 g/mol. The molecule has 1 heterocycles. The molecule has 1 atom stereocenters. The standard InChI is InChI=1S/C20H24FNO4S/c1-14-11-15(9-10-18(14)25-4)27(23,24)22-12-19(26-13-20(22,2)3)16-7-5-6-8-17(16)21/h5-11,19H,12-13H2,1-4H3. The lowest BCUT2D eigenvalue weighted by molar-refractivity contribution is -0.0667. The lowest BCUT2D eigenvalue weighted by Crippen LogP contribution is -2.56. The number of halogens is 1. The van der Waals surface area contributed by atoms with Crippen molar-refractivity contribution in [3.63, 3.8) is 0 Å². The third kappa shape index (κ3) is 3.72. The Morgan fingerprint density at radius 1 is 1.22 bits per heavy atom. The highest BCUT2D eigenvalue weighted by molar-refractivity contribution is 7.89. The molecule has 2 aromatic rings. The van der Waals surface area contributed by atoms with E-state index in [0.29, 0.717) is 11.3 Å². The van der Waals surface area contributed by atoms with E-state index in [2.05, 4.69) is 0 Å². The van der Waals surface area contributed by atoms with Gasteiger partial charge >= 0.3 is 0 Å². The molecule has 5 nitrogen and oxygen atoms in total. The number of ether oxygens (including phenoxy) is 2. The normalized spacial score (nSPS) is 20.4. The van der Waals surface area contributed by atoms with Gasteiger partial charge < -0.3 is 9.47 Å². The molecule has 0 N–H and O–H groups in total. The van der Waals surface area contributed by atoms with Crippen LogP contribution in [-0.2, 0) is 14.8 Å². The number of methoxy groups -OCH3 is 1. The van der Waals surface area contributed by atoms with Crippen molar-refractivity contribution in [2.45, 2.75) is 37.3 Å². The number of morpholine rings is 1. The Hall–Kier alpha value is -1.96. The van der Waals surface area contributed by atoms with Crippen LogP contribution in [0, 0.1) is 12.7 Å². The smallest absolute Gasteiger partial charge is 0.243 e. The molecule has 3 rings (SSSR count). The van der Waals surface area contributed by atoms with Crippen LogP contribution in [0.1, 0.15) is 31.1 Å². The van der Waals surface area contributed by atoms with Crippen LogP contribution in [0.15, 0.2) is 47.4 Å². The zero-order valence-electron chi connectivity index (χ0n) is 15.9. The van der Waals surface area contributed by atoms with E-state index in [1.54, 1.807) is 58.2 Å². The van der Waals surface area contributed by atoms with Gasteiger partial charge in [0.1, 0.15) is 11.6 Å². The number of hydrogen-bond donors (Lipinski definition) is 0. The van der Waals surface area contributed by atoms with Crippen LogP contribution in [0.4, 0.5) is 4.39 Å². The number of hydrogen-bond acceptors (Lipinski definition) is 4. The Bertz CT molecular complexity index is 943. The molecule has 2 aromatic carbocycles. The summed E-state index contributed by atoms with van der Waals surface area (Å²) in [5.41, 5.74) is 0.337. The fourth-order valence-electron chi connectivity index (χ4n) is 3.31. The molecule has 0 aromatic heterocycles. The van der Waals surface area contributed by atoms with Crippen molar-refractivity contribution in [3.8, 4) is 5.75 Å².